The second-order valence-electron chi connectivity index (χ2n) is 4.87. The summed E-state index contributed by atoms with van der Waals surface area (Å²) >= 11 is 5.85. The molecule has 0 bridgehead atoms. The lowest BCUT2D eigenvalue weighted by Crippen LogP contribution is -2.07. The normalized spacial score (nSPS) is 12.8. The van der Waals surface area contributed by atoms with Gasteiger partial charge in [0.05, 0.1) is 12.8 Å². The molecule has 0 heterocycles. The molecule has 0 spiro atoms. The Hall–Kier alpha value is -2.10. The molecular weight excluding hydrogens is 298 g/mol. The van der Waals surface area contributed by atoms with Crippen LogP contribution in [0.4, 0.5) is 5.69 Å². The zero-order valence-electron chi connectivity index (χ0n) is 12.6. The Bertz CT molecular complexity index is 675. The van der Waals surface area contributed by atoms with Crippen LogP contribution in [-0.2, 0) is 0 Å². The van der Waals surface area contributed by atoms with Crippen LogP contribution >= 0.6 is 11.6 Å². The maximum absolute atomic E-state index is 10.4. The average Bonchev–Trinajstić information content (AvgIpc) is 2.55. The number of hydrogen-bond acceptors (Lipinski definition) is 3. The van der Waals surface area contributed by atoms with Crippen molar-refractivity contribution < 1.29 is 9.84 Å². The van der Waals surface area contributed by atoms with E-state index in [9.17, 15) is 5.11 Å². The Labute approximate surface area is 135 Å². The molecule has 2 aromatic carbocycles. The van der Waals surface area contributed by atoms with Crippen LogP contribution in [0.2, 0.25) is 5.02 Å². The van der Waals surface area contributed by atoms with Gasteiger partial charge in [0.25, 0.3) is 0 Å². The highest BCUT2D eigenvalue weighted by Crippen LogP contribution is 2.25. The van der Waals surface area contributed by atoms with Gasteiger partial charge in [-0.1, -0.05) is 30.3 Å². The van der Waals surface area contributed by atoms with Gasteiger partial charge in [-0.2, -0.15) is 0 Å². The molecule has 0 saturated carbocycles. The molecule has 114 valence electrons. The molecule has 2 aromatic rings. The van der Waals surface area contributed by atoms with Crippen LogP contribution in [0.3, 0.4) is 0 Å². The van der Waals surface area contributed by atoms with E-state index in [1.165, 1.54) is 0 Å². The van der Waals surface area contributed by atoms with Crippen LogP contribution in [0.15, 0.2) is 65.7 Å². The van der Waals surface area contributed by atoms with E-state index in [0.717, 1.165) is 17.0 Å². The van der Waals surface area contributed by atoms with Crippen molar-refractivity contribution >= 4 is 23.0 Å². The topological polar surface area (TPSA) is 41.8 Å². The summed E-state index contributed by atoms with van der Waals surface area (Å²) in [6.45, 7) is 5.77. The van der Waals surface area contributed by atoms with E-state index < -0.39 is 6.10 Å². The third-order valence-corrected chi connectivity index (χ3v) is 3.60. The highest BCUT2D eigenvalue weighted by atomic mass is 35.5. The van der Waals surface area contributed by atoms with Gasteiger partial charge in [0.2, 0.25) is 0 Å². The lowest BCUT2D eigenvalue weighted by atomic mass is 9.99. The van der Waals surface area contributed by atoms with Crippen molar-refractivity contribution in [2.75, 3.05) is 7.11 Å². The summed E-state index contributed by atoms with van der Waals surface area (Å²) in [5, 5.41) is 11.1. The molecular formula is C18H18ClNO2. The number of rotatable bonds is 5. The van der Waals surface area contributed by atoms with Gasteiger partial charge >= 0.3 is 0 Å². The summed E-state index contributed by atoms with van der Waals surface area (Å²) < 4.78 is 5.11. The second kappa shape index (κ2) is 7.25. The molecule has 0 saturated heterocycles. The van der Waals surface area contributed by atoms with E-state index in [1.54, 1.807) is 31.4 Å². The third kappa shape index (κ3) is 3.97. The van der Waals surface area contributed by atoms with E-state index in [-0.39, 0.29) is 0 Å². The summed E-state index contributed by atoms with van der Waals surface area (Å²) in [5.74, 6) is 0.744. The maximum atomic E-state index is 10.4. The third-order valence-electron chi connectivity index (χ3n) is 3.35. The van der Waals surface area contributed by atoms with Gasteiger partial charge in [0, 0.05) is 10.7 Å². The monoisotopic (exact) mass is 315 g/mol. The van der Waals surface area contributed by atoms with E-state index in [0.29, 0.717) is 16.3 Å². The fraction of sp³-hybridized carbons (Fsp3) is 0.167. The Morgan fingerprint density at radius 2 is 1.73 bits per heavy atom. The number of hydrogen-bond donors (Lipinski definition) is 1. The lowest BCUT2D eigenvalue weighted by Gasteiger charge is -2.14. The van der Waals surface area contributed by atoms with Crippen LogP contribution in [0.5, 0.6) is 5.75 Å². The molecule has 0 aliphatic heterocycles. The number of methoxy groups -OCH3 is 1. The number of benzene rings is 2. The largest absolute Gasteiger partial charge is 0.497 e. The Morgan fingerprint density at radius 3 is 2.27 bits per heavy atom. The zero-order valence-corrected chi connectivity index (χ0v) is 13.3. The molecule has 0 fully saturated rings. The summed E-state index contributed by atoms with van der Waals surface area (Å²) in [6.07, 6.45) is -0.804. The fourth-order valence-electron chi connectivity index (χ4n) is 1.97. The van der Waals surface area contributed by atoms with Crippen LogP contribution in [-0.4, -0.2) is 17.9 Å². The minimum Gasteiger partial charge on any atom is -0.497 e. The van der Waals surface area contributed by atoms with Crippen LogP contribution in [0, 0.1) is 0 Å². The first-order chi connectivity index (χ1) is 10.5. The van der Waals surface area contributed by atoms with Crippen molar-refractivity contribution in [3.63, 3.8) is 0 Å². The summed E-state index contributed by atoms with van der Waals surface area (Å²) in [4.78, 5) is 4.45. The van der Waals surface area contributed by atoms with Crippen molar-refractivity contribution in [1.82, 2.24) is 0 Å². The first-order valence-corrected chi connectivity index (χ1v) is 7.21. The summed E-state index contributed by atoms with van der Waals surface area (Å²) in [7, 11) is 1.60. The number of halogens is 1. The van der Waals surface area contributed by atoms with Crippen molar-refractivity contribution in [3.8, 4) is 5.75 Å². The second-order valence-corrected chi connectivity index (χ2v) is 5.31. The fourth-order valence-corrected chi connectivity index (χ4v) is 2.09. The molecule has 0 unspecified atom stereocenters. The first-order valence-electron chi connectivity index (χ1n) is 6.83. The van der Waals surface area contributed by atoms with Gasteiger partial charge < -0.3 is 9.84 Å². The molecule has 0 radical (unpaired) electrons. The summed E-state index contributed by atoms with van der Waals surface area (Å²) in [5.41, 5.74) is 2.74. The van der Waals surface area contributed by atoms with Gasteiger partial charge in [-0.15, -0.1) is 0 Å². The number of aliphatic hydroxyl groups excluding tert-OH is 1. The number of aliphatic imine (C=N–C) groups is 1. The van der Waals surface area contributed by atoms with E-state index >= 15 is 0 Å². The number of aliphatic hydroxyl groups is 1. The zero-order chi connectivity index (χ0) is 16.1. The van der Waals surface area contributed by atoms with Gasteiger partial charge in [-0.3, -0.25) is 4.99 Å². The van der Waals surface area contributed by atoms with E-state index in [2.05, 4.69) is 11.6 Å². The molecule has 3 nitrogen and oxygen atoms in total. The molecule has 22 heavy (non-hydrogen) atoms. The quantitative estimate of drug-likeness (QED) is 0.810. The maximum Gasteiger partial charge on any atom is 0.118 e. The molecule has 1 N–H and O–H groups in total. The molecule has 0 aliphatic carbocycles. The molecule has 2 rings (SSSR count). The Balaban J connectivity index is 2.16. The molecule has 0 amide bonds. The van der Waals surface area contributed by atoms with Crippen molar-refractivity contribution in [3.05, 3.63) is 71.3 Å². The van der Waals surface area contributed by atoms with Gasteiger partial charge in [0.1, 0.15) is 11.9 Å². The Morgan fingerprint density at radius 1 is 1.14 bits per heavy atom. The van der Waals surface area contributed by atoms with Gasteiger partial charge in [-0.05, 0) is 54.5 Å². The van der Waals surface area contributed by atoms with Crippen molar-refractivity contribution in [1.29, 1.82) is 0 Å². The number of ether oxygens (including phenoxy) is 1. The number of nitrogens with zero attached hydrogens (tertiary/aromatic N) is 1. The molecule has 0 aliphatic rings. The van der Waals surface area contributed by atoms with Crippen LogP contribution < -0.4 is 4.74 Å². The minimum atomic E-state index is -0.804. The first kappa shape index (κ1) is 16.3. The highest BCUT2D eigenvalue weighted by molar-refractivity contribution is 6.30. The average molecular weight is 316 g/mol. The van der Waals surface area contributed by atoms with E-state index in [1.807, 2.05) is 31.2 Å². The minimum absolute atomic E-state index is 0.556. The van der Waals surface area contributed by atoms with E-state index in [4.69, 9.17) is 16.3 Å². The van der Waals surface area contributed by atoms with Crippen molar-refractivity contribution in [2.45, 2.75) is 13.0 Å². The molecule has 0 aromatic heterocycles. The predicted molar refractivity (Wildman–Crippen MR) is 91.3 cm³/mol. The standard InChI is InChI=1S/C18H18ClNO2/c1-12(13(2)20-16-8-6-15(19)7-9-16)18(21)14-4-10-17(22-3)11-5-14/h4-11,18,21H,1H2,2-3H3/t18-/m0/s1. The highest BCUT2D eigenvalue weighted by Gasteiger charge is 2.14. The smallest absolute Gasteiger partial charge is 0.118 e. The molecule has 1 atom stereocenters. The SMILES string of the molecule is C=C(C(C)=Nc1ccc(Cl)cc1)[C@H](O)c1ccc(OC)cc1. The predicted octanol–water partition coefficient (Wildman–Crippen LogP) is 4.73. The Kier molecular flexibility index (Phi) is 5.36. The lowest BCUT2D eigenvalue weighted by molar-refractivity contribution is 0.222. The summed E-state index contributed by atoms with van der Waals surface area (Å²) in [6, 6.07) is 14.4. The van der Waals surface area contributed by atoms with Crippen LogP contribution in [0.25, 0.3) is 0 Å². The van der Waals surface area contributed by atoms with Gasteiger partial charge in [-0.25, -0.2) is 0 Å². The van der Waals surface area contributed by atoms with Crippen molar-refractivity contribution in [2.24, 2.45) is 4.99 Å². The van der Waals surface area contributed by atoms with Gasteiger partial charge in [0.15, 0.2) is 0 Å². The van der Waals surface area contributed by atoms with Crippen LogP contribution in [0.1, 0.15) is 18.6 Å². The molecule has 4 heteroatoms.